The highest BCUT2D eigenvalue weighted by molar-refractivity contribution is 6.00. The number of nitrogens with zero attached hydrogens (tertiary/aromatic N) is 2. The van der Waals surface area contributed by atoms with E-state index in [-0.39, 0.29) is 49.6 Å². The van der Waals surface area contributed by atoms with Crippen LogP contribution in [0.2, 0.25) is 0 Å². The molecule has 5 heterocycles. The van der Waals surface area contributed by atoms with Crippen LogP contribution in [-0.4, -0.2) is 72.3 Å². The third-order valence-corrected chi connectivity index (χ3v) is 11.9. The van der Waals surface area contributed by atoms with Gasteiger partial charge in [0.05, 0.1) is 76.9 Å². The molecule has 7 aromatic rings. The number of hydrogen-bond donors (Lipinski definition) is 2. The molecular formula is C56H46N4O8. The van der Waals surface area contributed by atoms with Gasteiger partial charge in [0.25, 0.3) is 0 Å². The van der Waals surface area contributed by atoms with Gasteiger partial charge in [-0.25, -0.2) is 9.97 Å². The zero-order valence-electron chi connectivity index (χ0n) is 37.8. The molecule has 0 unspecified atom stereocenters. The summed E-state index contributed by atoms with van der Waals surface area (Å²) in [5, 5.41) is 0. The fraction of sp³-hybridized carbons (Fsp3) is 0.143. The first-order valence-electron chi connectivity index (χ1n) is 21.9. The second kappa shape index (κ2) is 19.4. The minimum atomic E-state index is -0.357. The summed E-state index contributed by atoms with van der Waals surface area (Å²) in [5.74, 6) is -1.43. The quantitative estimate of drug-likeness (QED) is 0.0891. The molecule has 4 aromatic carbocycles. The van der Waals surface area contributed by atoms with Crippen LogP contribution in [0.4, 0.5) is 0 Å². The Kier molecular flexibility index (Phi) is 12.7. The van der Waals surface area contributed by atoms with Crippen LogP contribution in [0.3, 0.4) is 0 Å². The molecule has 12 heteroatoms. The number of nitrogens with one attached hydrogen (secondary N) is 2. The minimum Gasteiger partial charge on any atom is -0.469 e. The maximum atomic E-state index is 12.5. The van der Waals surface area contributed by atoms with Crippen molar-refractivity contribution in [3.05, 3.63) is 166 Å². The summed E-state index contributed by atoms with van der Waals surface area (Å²) in [6, 6.07) is 39.1. The average Bonchev–Trinajstić information content (AvgIpc) is 4.20. The Labute approximate surface area is 392 Å². The number of methoxy groups -OCH3 is 4. The zero-order valence-corrected chi connectivity index (χ0v) is 37.8. The third kappa shape index (κ3) is 9.38. The van der Waals surface area contributed by atoms with Crippen molar-refractivity contribution >= 4 is 70.2 Å². The number of benzene rings is 4. The van der Waals surface area contributed by atoms with Crippen LogP contribution in [0.25, 0.3) is 90.9 Å². The van der Waals surface area contributed by atoms with E-state index in [0.29, 0.717) is 22.8 Å². The highest BCUT2D eigenvalue weighted by Gasteiger charge is 2.21. The van der Waals surface area contributed by atoms with Gasteiger partial charge in [0, 0.05) is 44.3 Å². The molecule has 9 rings (SSSR count). The van der Waals surface area contributed by atoms with E-state index in [0.717, 1.165) is 88.8 Å². The van der Waals surface area contributed by atoms with Crippen LogP contribution >= 0.6 is 0 Å². The lowest BCUT2D eigenvalue weighted by atomic mass is 10.00. The molecule has 338 valence electrons. The maximum Gasteiger partial charge on any atom is 0.309 e. The fourth-order valence-corrected chi connectivity index (χ4v) is 8.72. The van der Waals surface area contributed by atoms with Crippen molar-refractivity contribution in [2.45, 2.75) is 25.7 Å². The van der Waals surface area contributed by atoms with Gasteiger partial charge in [-0.1, -0.05) is 97.1 Å². The lowest BCUT2D eigenvalue weighted by Gasteiger charge is -2.09. The van der Waals surface area contributed by atoms with Gasteiger partial charge in [0.15, 0.2) is 0 Å². The normalized spacial score (nSPS) is 11.6. The molecule has 0 aliphatic carbocycles. The molecule has 0 saturated carbocycles. The molecule has 0 spiro atoms. The molecule has 2 N–H and O–H groups in total. The van der Waals surface area contributed by atoms with Gasteiger partial charge in [-0.05, 0) is 93.1 Å². The number of fused-ring (bicyclic) bond motifs is 8. The van der Waals surface area contributed by atoms with E-state index in [1.165, 1.54) is 28.4 Å². The van der Waals surface area contributed by atoms with E-state index in [9.17, 15) is 19.2 Å². The lowest BCUT2D eigenvalue weighted by molar-refractivity contribution is -0.140. The van der Waals surface area contributed by atoms with Crippen molar-refractivity contribution in [3.8, 4) is 44.5 Å². The summed E-state index contributed by atoms with van der Waals surface area (Å²) in [5.41, 5.74) is 15.1. The molecule has 2 aliphatic heterocycles. The molecule has 8 bridgehead atoms. The van der Waals surface area contributed by atoms with Crippen molar-refractivity contribution < 1.29 is 38.1 Å². The second-order valence-corrected chi connectivity index (χ2v) is 16.3. The van der Waals surface area contributed by atoms with E-state index in [1.807, 2.05) is 146 Å². The van der Waals surface area contributed by atoms with Gasteiger partial charge >= 0.3 is 23.9 Å². The van der Waals surface area contributed by atoms with Gasteiger partial charge in [-0.3, -0.25) is 19.2 Å². The number of H-pyrrole nitrogens is 2. The van der Waals surface area contributed by atoms with Gasteiger partial charge < -0.3 is 28.9 Å². The summed E-state index contributed by atoms with van der Waals surface area (Å²) < 4.78 is 20.1. The van der Waals surface area contributed by atoms with Crippen molar-refractivity contribution in [2.75, 3.05) is 28.4 Å². The van der Waals surface area contributed by atoms with Gasteiger partial charge in [0.2, 0.25) is 0 Å². The second-order valence-electron chi connectivity index (χ2n) is 16.3. The van der Waals surface area contributed by atoms with Gasteiger partial charge in [-0.2, -0.15) is 0 Å². The highest BCUT2D eigenvalue weighted by Crippen LogP contribution is 2.39. The molecule has 0 fully saturated rings. The zero-order chi connectivity index (χ0) is 47.3. The summed E-state index contributed by atoms with van der Waals surface area (Å²) in [4.78, 5) is 68.3. The third-order valence-electron chi connectivity index (χ3n) is 11.9. The Balaban J connectivity index is 1.41. The number of ether oxygens (including phenoxy) is 4. The van der Waals surface area contributed by atoms with Crippen LogP contribution in [0, 0.1) is 0 Å². The van der Waals surface area contributed by atoms with E-state index < -0.39 is 0 Å². The maximum absolute atomic E-state index is 12.5. The summed E-state index contributed by atoms with van der Waals surface area (Å²) >= 11 is 0. The van der Waals surface area contributed by atoms with E-state index in [1.54, 1.807) is 0 Å². The summed E-state index contributed by atoms with van der Waals surface area (Å²) in [6.45, 7) is 0. The average molecular weight is 903 g/mol. The van der Waals surface area contributed by atoms with Crippen molar-refractivity contribution in [3.63, 3.8) is 0 Å². The molecule has 0 radical (unpaired) electrons. The van der Waals surface area contributed by atoms with Crippen LogP contribution < -0.4 is 0 Å². The molecule has 0 saturated heterocycles. The first-order chi connectivity index (χ1) is 33.1. The van der Waals surface area contributed by atoms with Crippen molar-refractivity contribution in [1.29, 1.82) is 0 Å². The molecular weight excluding hydrogens is 857 g/mol. The number of esters is 4. The Morgan fingerprint density at radius 1 is 0.368 bits per heavy atom. The molecule has 2 aliphatic rings. The fourth-order valence-electron chi connectivity index (χ4n) is 8.72. The van der Waals surface area contributed by atoms with E-state index in [4.69, 9.17) is 28.9 Å². The Hall–Kier alpha value is -8.64. The van der Waals surface area contributed by atoms with Crippen LogP contribution in [0.1, 0.15) is 45.0 Å². The molecule has 0 atom stereocenters. The monoisotopic (exact) mass is 902 g/mol. The summed E-state index contributed by atoms with van der Waals surface area (Å²) in [6.07, 6.45) is 8.26. The number of carbonyl (C=O) groups excluding carboxylic acids is 4. The smallest absolute Gasteiger partial charge is 0.309 e. The molecule has 12 nitrogen and oxygen atoms in total. The molecule has 3 aromatic heterocycles. The van der Waals surface area contributed by atoms with E-state index in [2.05, 4.69) is 9.97 Å². The lowest BCUT2D eigenvalue weighted by Crippen LogP contribution is -2.04. The molecule has 0 amide bonds. The number of aromatic amines is 2. The topological polar surface area (TPSA) is 163 Å². The van der Waals surface area contributed by atoms with Gasteiger partial charge in [0.1, 0.15) is 0 Å². The summed E-state index contributed by atoms with van der Waals surface area (Å²) in [7, 11) is 5.49. The Morgan fingerprint density at radius 2 is 0.603 bits per heavy atom. The Morgan fingerprint density at radius 3 is 0.824 bits per heavy atom. The minimum absolute atomic E-state index is 0.0850. The predicted molar refractivity (Wildman–Crippen MR) is 263 cm³/mol. The number of aromatic nitrogens is 4. The van der Waals surface area contributed by atoms with Crippen LogP contribution in [-0.2, 0) is 63.8 Å². The standard InChI is InChI=1S/C56H46N4O8/c1-65-49(61)29-33-9-5-13-37(25-33)53-41-17-19-43(57-41)54(38-14-6-10-34(26-38)30-50(62)66-2)45-21-23-47(59-45)56(40-16-8-12-36(28-40)32-52(64)68-4)48-24-22-46(60-48)55(44-20-18-42(53)58-44)39-15-7-11-35(27-39)31-51(63)67-3/h5-28,57,60H,29-32H2,1-4H3. The highest BCUT2D eigenvalue weighted by atomic mass is 16.5. The van der Waals surface area contributed by atoms with Crippen LogP contribution in [0.5, 0.6) is 0 Å². The first-order valence-corrected chi connectivity index (χ1v) is 21.9. The number of carbonyl (C=O) groups is 4. The van der Waals surface area contributed by atoms with E-state index >= 15 is 0 Å². The SMILES string of the molecule is COC(=O)Cc1cccc(-c2c3nc(c(-c4cccc(CC(=O)OC)c4)c4ccc([nH]4)c(-c4cccc(CC(=O)OC)c4)c4nc(c(-c5cccc(CC(=O)OC)c5)c5ccc2[nH]5)C=C4)C=C3)c1. The Bertz CT molecular complexity index is 2960. The first kappa shape index (κ1) is 44.6. The number of rotatable bonds is 12. The predicted octanol–water partition coefficient (Wildman–Crippen LogP) is 10.2. The van der Waals surface area contributed by atoms with Crippen molar-refractivity contribution in [1.82, 2.24) is 19.9 Å². The van der Waals surface area contributed by atoms with Crippen molar-refractivity contribution in [2.24, 2.45) is 0 Å². The number of hydrogen-bond acceptors (Lipinski definition) is 10. The largest absolute Gasteiger partial charge is 0.469 e. The van der Waals surface area contributed by atoms with Crippen LogP contribution in [0.15, 0.2) is 121 Å². The molecule has 68 heavy (non-hydrogen) atoms. The van der Waals surface area contributed by atoms with Gasteiger partial charge in [-0.15, -0.1) is 0 Å².